The van der Waals surface area contributed by atoms with Crippen LogP contribution in [-0.2, 0) is 14.8 Å². The molecule has 0 radical (unpaired) electrons. The highest BCUT2D eigenvalue weighted by Crippen LogP contribution is 2.24. The van der Waals surface area contributed by atoms with Gasteiger partial charge in [0.15, 0.2) is 0 Å². The molecule has 2 aliphatic heterocycles. The van der Waals surface area contributed by atoms with E-state index in [9.17, 15) is 13.2 Å². The van der Waals surface area contributed by atoms with Crippen molar-refractivity contribution in [3.8, 4) is 0 Å². The maximum absolute atomic E-state index is 12.9. The number of carbonyl (C=O) groups is 1. The Morgan fingerprint density at radius 2 is 2.00 bits per heavy atom. The summed E-state index contributed by atoms with van der Waals surface area (Å²) >= 11 is 0. The largest absolute Gasteiger partial charge is 0.379 e. The minimum Gasteiger partial charge on any atom is -0.379 e. The number of carbonyl (C=O) groups excluding carboxylic acids is 1. The Bertz CT molecular complexity index is 744. The average Bonchev–Trinajstić information content (AvgIpc) is 3.11. The number of rotatable bonds is 4. The van der Waals surface area contributed by atoms with Crippen LogP contribution in [0.4, 0.5) is 0 Å². The quantitative estimate of drug-likeness (QED) is 0.833. The third kappa shape index (κ3) is 3.72. The number of amides is 1. The predicted octanol–water partition coefficient (Wildman–Crippen LogP) is 0.437. The van der Waals surface area contributed by atoms with Gasteiger partial charge in [-0.2, -0.15) is 4.31 Å². The Morgan fingerprint density at radius 3 is 2.64 bits per heavy atom. The number of nitrogens with zero attached hydrogens (tertiary/aromatic N) is 2. The molecule has 1 atom stereocenters. The lowest BCUT2D eigenvalue weighted by Gasteiger charge is -2.27. The molecule has 8 heteroatoms. The van der Waals surface area contributed by atoms with Crippen molar-refractivity contribution in [2.75, 3.05) is 45.9 Å². The summed E-state index contributed by atoms with van der Waals surface area (Å²) in [7, 11) is -3.63. The Morgan fingerprint density at radius 1 is 1.28 bits per heavy atom. The second-order valence-corrected chi connectivity index (χ2v) is 8.54. The lowest BCUT2D eigenvalue weighted by atomic mass is 10.1. The number of hydrogen-bond donors (Lipinski definition) is 1. The minimum atomic E-state index is -3.63. The molecule has 1 aromatic rings. The van der Waals surface area contributed by atoms with Crippen LogP contribution in [0, 0.1) is 12.8 Å². The smallest absolute Gasteiger partial charge is 0.253 e. The average molecular weight is 367 g/mol. The molecule has 2 saturated heterocycles. The molecule has 1 aromatic carbocycles. The van der Waals surface area contributed by atoms with Gasteiger partial charge in [-0.3, -0.25) is 4.79 Å². The Hall–Kier alpha value is -1.48. The van der Waals surface area contributed by atoms with Crippen molar-refractivity contribution in [3.63, 3.8) is 0 Å². The number of sulfonamides is 1. The Balaban J connectivity index is 1.86. The summed E-state index contributed by atoms with van der Waals surface area (Å²) in [4.78, 5) is 14.7. The first-order chi connectivity index (χ1) is 11.9. The van der Waals surface area contributed by atoms with E-state index in [1.807, 2.05) is 0 Å². The van der Waals surface area contributed by atoms with Gasteiger partial charge in [0.1, 0.15) is 0 Å². The summed E-state index contributed by atoms with van der Waals surface area (Å²) in [6.07, 6.45) is 0.896. The van der Waals surface area contributed by atoms with Crippen LogP contribution in [0.2, 0.25) is 0 Å². The lowest BCUT2D eigenvalue weighted by molar-refractivity contribution is 0.0730. The molecule has 1 unspecified atom stereocenters. The van der Waals surface area contributed by atoms with Crippen molar-refractivity contribution < 1.29 is 17.9 Å². The SMILES string of the molecule is Cc1ccc(C(=O)N2CCC(CN)C2)cc1S(=O)(=O)N1CCOCC1. The molecular weight excluding hydrogens is 342 g/mol. The maximum Gasteiger partial charge on any atom is 0.253 e. The summed E-state index contributed by atoms with van der Waals surface area (Å²) < 4.78 is 32.5. The summed E-state index contributed by atoms with van der Waals surface area (Å²) in [6, 6.07) is 4.92. The van der Waals surface area contributed by atoms with Crippen LogP contribution in [0.1, 0.15) is 22.3 Å². The van der Waals surface area contributed by atoms with Crippen molar-refractivity contribution in [3.05, 3.63) is 29.3 Å². The van der Waals surface area contributed by atoms with E-state index in [1.165, 1.54) is 10.4 Å². The fraction of sp³-hybridized carbons (Fsp3) is 0.588. The van der Waals surface area contributed by atoms with Gasteiger partial charge in [0.25, 0.3) is 5.91 Å². The number of aryl methyl sites for hydroxylation is 1. The highest BCUT2D eigenvalue weighted by Gasteiger charge is 2.30. The number of ether oxygens (including phenoxy) is 1. The summed E-state index contributed by atoms with van der Waals surface area (Å²) in [5.74, 6) is 0.195. The van der Waals surface area contributed by atoms with Gasteiger partial charge >= 0.3 is 0 Å². The van der Waals surface area contributed by atoms with Crippen molar-refractivity contribution in [2.24, 2.45) is 11.7 Å². The van der Waals surface area contributed by atoms with E-state index in [0.717, 1.165) is 6.42 Å². The van der Waals surface area contributed by atoms with Crippen LogP contribution in [0.25, 0.3) is 0 Å². The third-order valence-corrected chi connectivity index (χ3v) is 6.97. The van der Waals surface area contributed by atoms with Crippen LogP contribution in [-0.4, -0.2) is 69.5 Å². The minimum absolute atomic E-state index is 0.130. The monoisotopic (exact) mass is 367 g/mol. The van der Waals surface area contributed by atoms with E-state index in [2.05, 4.69) is 0 Å². The lowest BCUT2D eigenvalue weighted by Crippen LogP contribution is -2.41. The van der Waals surface area contributed by atoms with E-state index < -0.39 is 10.0 Å². The zero-order valence-corrected chi connectivity index (χ0v) is 15.3. The highest BCUT2D eigenvalue weighted by molar-refractivity contribution is 7.89. The first kappa shape index (κ1) is 18.3. The van der Waals surface area contributed by atoms with Gasteiger partial charge < -0.3 is 15.4 Å². The van der Waals surface area contributed by atoms with Crippen molar-refractivity contribution in [1.29, 1.82) is 0 Å². The number of benzene rings is 1. The van der Waals surface area contributed by atoms with E-state index >= 15 is 0 Å². The van der Waals surface area contributed by atoms with Gasteiger partial charge in [-0.1, -0.05) is 6.07 Å². The molecule has 2 N–H and O–H groups in total. The van der Waals surface area contributed by atoms with Gasteiger partial charge in [-0.15, -0.1) is 0 Å². The molecule has 0 saturated carbocycles. The molecule has 2 heterocycles. The second kappa shape index (κ2) is 7.41. The molecule has 0 spiro atoms. The van der Waals surface area contributed by atoms with Gasteiger partial charge in [-0.25, -0.2) is 8.42 Å². The molecule has 138 valence electrons. The van der Waals surface area contributed by atoms with Crippen molar-refractivity contribution >= 4 is 15.9 Å². The Labute approximate surface area is 148 Å². The number of hydrogen-bond acceptors (Lipinski definition) is 5. The molecule has 2 aliphatic rings. The van der Waals surface area contributed by atoms with Crippen LogP contribution < -0.4 is 5.73 Å². The molecule has 2 fully saturated rings. The predicted molar refractivity (Wildman–Crippen MR) is 93.8 cm³/mol. The molecule has 1 amide bonds. The van der Waals surface area contributed by atoms with Crippen LogP contribution in [0.3, 0.4) is 0 Å². The second-order valence-electron chi connectivity index (χ2n) is 6.64. The zero-order chi connectivity index (χ0) is 18.0. The van der Waals surface area contributed by atoms with Crippen molar-refractivity contribution in [2.45, 2.75) is 18.2 Å². The number of nitrogens with two attached hydrogens (primary N) is 1. The third-order valence-electron chi connectivity index (χ3n) is 4.93. The molecule has 7 nitrogen and oxygen atoms in total. The first-order valence-corrected chi connectivity index (χ1v) is 10.1. The molecule has 3 rings (SSSR count). The van der Waals surface area contributed by atoms with Gasteiger partial charge in [0.05, 0.1) is 18.1 Å². The summed E-state index contributed by atoms with van der Waals surface area (Å²) in [6.45, 7) is 5.08. The summed E-state index contributed by atoms with van der Waals surface area (Å²) in [5.41, 5.74) is 6.74. The topological polar surface area (TPSA) is 92.9 Å². The van der Waals surface area contributed by atoms with E-state index in [1.54, 1.807) is 24.0 Å². The fourth-order valence-electron chi connectivity index (χ4n) is 3.33. The van der Waals surface area contributed by atoms with E-state index in [-0.39, 0.29) is 10.8 Å². The molecular formula is C17H25N3O4S. The van der Waals surface area contributed by atoms with Gasteiger partial charge in [0.2, 0.25) is 10.0 Å². The van der Waals surface area contributed by atoms with Crippen LogP contribution in [0.5, 0.6) is 0 Å². The Kier molecular flexibility index (Phi) is 5.43. The normalized spacial score (nSPS) is 22.3. The maximum atomic E-state index is 12.9. The van der Waals surface area contributed by atoms with Crippen molar-refractivity contribution in [1.82, 2.24) is 9.21 Å². The van der Waals surface area contributed by atoms with Gasteiger partial charge in [0, 0.05) is 31.7 Å². The number of morpholine rings is 1. The summed E-state index contributed by atoms with van der Waals surface area (Å²) in [5, 5.41) is 0. The fourth-order valence-corrected chi connectivity index (χ4v) is 4.99. The number of likely N-dealkylation sites (tertiary alicyclic amines) is 1. The zero-order valence-electron chi connectivity index (χ0n) is 14.5. The van der Waals surface area contributed by atoms with E-state index in [0.29, 0.717) is 63.0 Å². The first-order valence-electron chi connectivity index (χ1n) is 8.61. The highest BCUT2D eigenvalue weighted by atomic mass is 32.2. The van der Waals surface area contributed by atoms with Gasteiger partial charge in [-0.05, 0) is 43.5 Å². The van der Waals surface area contributed by atoms with Crippen LogP contribution >= 0.6 is 0 Å². The molecule has 0 aliphatic carbocycles. The van der Waals surface area contributed by atoms with Crippen LogP contribution in [0.15, 0.2) is 23.1 Å². The van der Waals surface area contributed by atoms with E-state index in [4.69, 9.17) is 10.5 Å². The molecule has 0 aromatic heterocycles. The molecule has 25 heavy (non-hydrogen) atoms. The molecule has 0 bridgehead atoms. The standard InChI is InChI=1S/C17H25N3O4S/c1-13-2-3-15(17(21)19-5-4-14(11-18)12-19)10-16(13)25(22,23)20-6-8-24-9-7-20/h2-3,10,14H,4-9,11-12,18H2,1H3.